The first-order valence-corrected chi connectivity index (χ1v) is 14.3. The molecule has 3 unspecified atom stereocenters. The Balaban J connectivity index is 1.59. The number of ether oxygens (including phenoxy) is 2. The molecule has 1 aromatic heterocycles. The van der Waals surface area contributed by atoms with Crippen LogP contribution in [0.4, 0.5) is 0 Å². The van der Waals surface area contributed by atoms with Crippen LogP contribution in [-0.4, -0.2) is 57.5 Å². The molecule has 2 N–H and O–H groups in total. The smallest absolute Gasteiger partial charge is 0.311 e. The van der Waals surface area contributed by atoms with Gasteiger partial charge in [0.1, 0.15) is 11.9 Å². The van der Waals surface area contributed by atoms with E-state index in [-0.39, 0.29) is 23.9 Å². The summed E-state index contributed by atoms with van der Waals surface area (Å²) in [5, 5.41) is 25.4. The number of aryl methyl sites for hydroxylation is 1. The number of aliphatic hydroxyl groups excluding tert-OH is 2. The fraction of sp³-hybridized carbons (Fsp3) is 0.741. The largest absolute Gasteiger partial charge is 0.456 e. The molecule has 7 nitrogen and oxygen atoms in total. The maximum absolute atomic E-state index is 13.6. The van der Waals surface area contributed by atoms with Crippen LogP contribution in [0.15, 0.2) is 10.4 Å². The Hall–Kier alpha value is -1.32. The van der Waals surface area contributed by atoms with Crippen molar-refractivity contribution in [1.29, 1.82) is 0 Å². The summed E-state index contributed by atoms with van der Waals surface area (Å²) >= 11 is 8.17. The second kappa shape index (κ2) is 11.2. The Labute approximate surface area is 222 Å². The molecular formula is C27H38ClNO6S. The van der Waals surface area contributed by atoms with Crippen LogP contribution in [0.1, 0.15) is 76.4 Å². The van der Waals surface area contributed by atoms with Crippen molar-refractivity contribution >= 4 is 40.8 Å². The van der Waals surface area contributed by atoms with Crippen LogP contribution in [0.2, 0.25) is 0 Å². The number of Topliss-reactive ketones (excluding diaryl/α,β-unsaturated/α-hetero) is 1. The van der Waals surface area contributed by atoms with E-state index in [1.54, 1.807) is 19.9 Å². The SMILES string of the molecule is Cc1nc(C=C(Cl)[C@@H]2CC3OC3CCC[C@H](C)[C@H](O)[C@@H](C)C(=O)C3(CCC3)[C@@H](O)C(C)C(=O)O2)cs1. The van der Waals surface area contributed by atoms with E-state index >= 15 is 0 Å². The highest BCUT2D eigenvalue weighted by Crippen LogP contribution is 2.49. The first-order valence-electron chi connectivity index (χ1n) is 13.1. The zero-order valence-corrected chi connectivity index (χ0v) is 23.1. The number of esters is 1. The molecule has 1 spiro atoms. The number of carbonyl (C=O) groups is 2. The van der Waals surface area contributed by atoms with E-state index in [1.807, 2.05) is 19.2 Å². The lowest BCUT2D eigenvalue weighted by atomic mass is 9.57. The lowest BCUT2D eigenvalue weighted by molar-refractivity contribution is -0.169. The van der Waals surface area contributed by atoms with Gasteiger partial charge in [-0.25, -0.2) is 4.98 Å². The van der Waals surface area contributed by atoms with Crippen LogP contribution in [0.25, 0.3) is 6.08 Å². The molecule has 4 rings (SSSR count). The summed E-state index contributed by atoms with van der Waals surface area (Å²) < 4.78 is 11.7. The van der Waals surface area contributed by atoms with Crippen molar-refractivity contribution < 1.29 is 29.3 Å². The molecule has 0 radical (unpaired) electrons. The Bertz CT molecular complexity index is 991. The number of fused-ring (bicyclic) bond motifs is 1. The van der Waals surface area contributed by atoms with Crippen molar-refractivity contribution in [3.8, 4) is 0 Å². The monoisotopic (exact) mass is 539 g/mol. The van der Waals surface area contributed by atoms with Gasteiger partial charge in [0.05, 0.1) is 51.5 Å². The highest BCUT2D eigenvalue weighted by Gasteiger charge is 2.55. The summed E-state index contributed by atoms with van der Waals surface area (Å²) in [4.78, 5) is 31.2. The number of rotatable bonds is 2. The molecule has 0 amide bonds. The van der Waals surface area contributed by atoms with Gasteiger partial charge in [-0.2, -0.15) is 0 Å². The number of aromatic nitrogens is 1. The average Bonchev–Trinajstić information content (AvgIpc) is 3.42. The van der Waals surface area contributed by atoms with Gasteiger partial charge in [-0.1, -0.05) is 38.3 Å². The minimum Gasteiger partial charge on any atom is -0.456 e. The maximum atomic E-state index is 13.6. The molecule has 3 fully saturated rings. The van der Waals surface area contributed by atoms with E-state index < -0.39 is 41.5 Å². The summed E-state index contributed by atoms with van der Waals surface area (Å²) in [5.74, 6) is -2.36. The molecular weight excluding hydrogens is 502 g/mol. The van der Waals surface area contributed by atoms with Gasteiger partial charge in [-0.3, -0.25) is 9.59 Å². The summed E-state index contributed by atoms with van der Waals surface area (Å²) in [7, 11) is 0. The molecule has 200 valence electrons. The molecule has 2 aliphatic heterocycles. The van der Waals surface area contributed by atoms with Crippen molar-refractivity contribution in [1.82, 2.24) is 4.98 Å². The minimum atomic E-state index is -1.20. The number of aliphatic hydroxyl groups is 2. The van der Waals surface area contributed by atoms with E-state index in [2.05, 4.69) is 4.98 Å². The van der Waals surface area contributed by atoms with E-state index in [9.17, 15) is 19.8 Å². The molecule has 0 aromatic carbocycles. The number of nitrogens with zero attached hydrogens (tertiary/aromatic N) is 1. The topological polar surface area (TPSA) is 109 Å². The summed E-state index contributed by atoms with van der Waals surface area (Å²) in [5.41, 5.74) is -0.333. The van der Waals surface area contributed by atoms with Gasteiger partial charge in [0.25, 0.3) is 0 Å². The predicted molar refractivity (Wildman–Crippen MR) is 138 cm³/mol. The van der Waals surface area contributed by atoms with Gasteiger partial charge < -0.3 is 19.7 Å². The molecule has 8 atom stereocenters. The Morgan fingerprint density at radius 1 is 1.14 bits per heavy atom. The number of epoxide rings is 1. The number of halogens is 1. The number of hydrogen-bond acceptors (Lipinski definition) is 8. The molecule has 1 saturated carbocycles. The summed E-state index contributed by atoms with van der Waals surface area (Å²) in [6.45, 7) is 7.21. The third kappa shape index (κ3) is 5.73. The van der Waals surface area contributed by atoms with E-state index in [0.717, 1.165) is 30.7 Å². The molecule has 1 aromatic rings. The third-order valence-corrected chi connectivity index (χ3v) is 9.57. The van der Waals surface area contributed by atoms with Crippen LogP contribution in [0.5, 0.6) is 0 Å². The highest BCUT2D eigenvalue weighted by molar-refractivity contribution is 7.09. The number of thiazole rings is 1. The Morgan fingerprint density at radius 3 is 2.47 bits per heavy atom. The fourth-order valence-electron chi connectivity index (χ4n) is 5.76. The van der Waals surface area contributed by atoms with Gasteiger partial charge in [-0.15, -0.1) is 11.3 Å². The summed E-state index contributed by atoms with van der Waals surface area (Å²) in [6.07, 6.45) is 3.64. The van der Waals surface area contributed by atoms with E-state index in [4.69, 9.17) is 21.1 Å². The normalized spacial score (nSPS) is 38.2. The number of ketones is 1. The van der Waals surface area contributed by atoms with E-state index in [0.29, 0.717) is 30.0 Å². The van der Waals surface area contributed by atoms with Crippen LogP contribution < -0.4 is 0 Å². The Morgan fingerprint density at radius 2 is 1.86 bits per heavy atom. The first-order chi connectivity index (χ1) is 17.0. The molecule has 3 heterocycles. The third-order valence-electron chi connectivity index (χ3n) is 8.43. The fourth-order valence-corrected chi connectivity index (χ4v) is 6.58. The molecule has 2 saturated heterocycles. The van der Waals surface area contributed by atoms with Crippen LogP contribution in [0, 0.1) is 30.1 Å². The van der Waals surface area contributed by atoms with Crippen LogP contribution >= 0.6 is 22.9 Å². The van der Waals surface area contributed by atoms with Gasteiger partial charge in [0.2, 0.25) is 0 Å². The standard InChI is InChI=1S/C27H38ClNO6S/c1-14-7-5-8-20-22(34-20)12-21(19(28)11-18-13-36-17(4)29-18)35-26(33)16(3)25(32)27(9-6-10-27)24(31)15(2)23(14)30/h11,13-16,20-23,25,30,32H,5-10,12H2,1-4H3/t14-,15+,16?,20?,21-,22?,23-,25-/m0/s1. The average molecular weight is 540 g/mol. The lowest BCUT2D eigenvalue weighted by Gasteiger charge is -2.47. The maximum Gasteiger partial charge on any atom is 0.311 e. The number of cyclic esters (lactones) is 1. The first kappa shape index (κ1) is 27.7. The molecule has 1 aliphatic carbocycles. The second-order valence-corrected chi connectivity index (χ2v) is 12.5. The quantitative estimate of drug-likeness (QED) is 0.415. The van der Waals surface area contributed by atoms with Crippen molar-refractivity contribution in [3.05, 3.63) is 21.1 Å². The Kier molecular flexibility index (Phi) is 8.62. The number of hydrogen-bond donors (Lipinski definition) is 2. The van der Waals surface area contributed by atoms with Crippen molar-refractivity contribution in [2.24, 2.45) is 23.2 Å². The summed E-state index contributed by atoms with van der Waals surface area (Å²) in [6, 6.07) is 0. The van der Waals surface area contributed by atoms with Gasteiger partial charge >= 0.3 is 5.97 Å². The molecule has 36 heavy (non-hydrogen) atoms. The molecule has 3 aliphatic rings. The lowest BCUT2D eigenvalue weighted by Crippen LogP contribution is -2.55. The molecule has 0 bridgehead atoms. The minimum absolute atomic E-state index is 0.0507. The molecule has 9 heteroatoms. The predicted octanol–water partition coefficient (Wildman–Crippen LogP) is 4.65. The zero-order valence-electron chi connectivity index (χ0n) is 21.5. The van der Waals surface area contributed by atoms with Gasteiger partial charge in [-0.05, 0) is 51.5 Å². The van der Waals surface area contributed by atoms with Gasteiger partial charge in [0, 0.05) is 17.7 Å². The van der Waals surface area contributed by atoms with Crippen LogP contribution in [-0.2, 0) is 19.1 Å². The zero-order chi connectivity index (χ0) is 26.2. The van der Waals surface area contributed by atoms with E-state index in [1.165, 1.54) is 11.3 Å². The highest BCUT2D eigenvalue weighted by atomic mass is 35.5. The van der Waals surface area contributed by atoms with Crippen molar-refractivity contribution in [3.63, 3.8) is 0 Å². The number of carbonyl (C=O) groups excluding carboxylic acids is 2. The van der Waals surface area contributed by atoms with Crippen molar-refractivity contribution in [2.45, 2.75) is 103 Å². The van der Waals surface area contributed by atoms with Crippen molar-refractivity contribution in [2.75, 3.05) is 0 Å². The second-order valence-electron chi connectivity index (χ2n) is 11.0. The van der Waals surface area contributed by atoms with Gasteiger partial charge in [0.15, 0.2) is 0 Å². The van der Waals surface area contributed by atoms with Crippen LogP contribution in [0.3, 0.4) is 0 Å².